The maximum atomic E-state index is 10.1. The van der Waals surface area contributed by atoms with E-state index in [9.17, 15) is 4.79 Å². The smallest absolute Gasteiger partial charge is 0.235 e. The van der Waals surface area contributed by atoms with Gasteiger partial charge in [0, 0.05) is 0 Å². The van der Waals surface area contributed by atoms with Crippen LogP contribution >= 0.6 is 0 Å². The van der Waals surface area contributed by atoms with E-state index in [1.165, 1.54) is 6.08 Å². The van der Waals surface area contributed by atoms with Crippen molar-refractivity contribution in [2.75, 3.05) is 7.11 Å². The first-order chi connectivity index (χ1) is 9.15. The Hall–Kier alpha value is -1.90. The normalized spacial score (nSPS) is 13.8. The zero-order chi connectivity index (χ0) is 14.1. The Bertz CT molecular complexity index is 447. The van der Waals surface area contributed by atoms with Crippen molar-refractivity contribution in [3.05, 3.63) is 42.0 Å². The first-order valence-corrected chi connectivity index (χ1v) is 6.15. The van der Waals surface area contributed by atoms with Crippen molar-refractivity contribution in [3.63, 3.8) is 0 Å². The molecule has 0 heterocycles. The van der Waals surface area contributed by atoms with Crippen molar-refractivity contribution in [1.82, 2.24) is 0 Å². The third-order valence-electron chi connectivity index (χ3n) is 2.59. The van der Waals surface area contributed by atoms with E-state index >= 15 is 0 Å². The Morgan fingerprint density at radius 3 is 2.53 bits per heavy atom. The summed E-state index contributed by atoms with van der Waals surface area (Å²) in [7, 11) is 1.64. The van der Waals surface area contributed by atoms with Crippen molar-refractivity contribution in [2.24, 2.45) is 4.99 Å². The maximum absolute atomic E-state index is 10.1. The monoisotopic (exact) mass is 261 g/mol. The van der Waals surface area contributed by atoms with Crippen LogP contribution in [-0.2, 0) is 16.1 Å². The zero-order valence-electron chi connectivity index (χ0n) is 11.5. The average Bonchev–Trinajstić information content (AvgIpc) is 2.44. The van der Waals surface area contributed by atoms with Crippen LogP contribution in [0.3, 0.4) is 0 Å². The number of isocyanates is 1. The van der Waals surface area contributed by atoms with Gasteiger partial charge in [-0.2, -0.15) is 4.99 Å². The number of nitrogens with zero attached hydrogens (tertiary/aromatic N) is 1. The van der Waals surface area contributed by atoms with Gasteiger partial charge in [-0.15, -0.1) is 0 Å². The van der Waals surface area contributed by atoms with E-state index in [4.69, 9.17) is 9.47 Å². The fraction of sp³-hybridized carbons (Fsp3) is 0.400. The lowest BCUT2D eigenvalue weighted by Gasteiger charge is -2.09. The summed E-state index contributed by atoms with van der Waals surface area (Å²) >= 11 is 0. The summed E-state index contributed by atoms with van der Waals surface area (Å²) in [5.74, 6) is 0.831. The predicted molar refractivity (Wildman–Crippen MR) is 74.0 cm³/mol. The van der Waals surface area contributed by atoms with E-state index < -0.39 is 0 Å². The molecule has 4 nitrogen and oxygen atoms in total. The van der Waals surface area contributed by atoms with Crippen LogP contribution in [0.15, 0.2) is 41.4 Å². The van der Waals surface area contributed by atoms with E-state index in [1.807, 2.05) is 50.3 Å². The molecule has 1 rings (SSSR count). The molecule has 0 unspecified atom stereocenters. The summed E-state index contributed by atoms with van der Waals surface area (Å²) < 4.78 is 10.8. The molecule has 0 radical (unpaired) electrons. The van der Waals surface area contributed by atoms with Gasteiger partial charge in [-0.05, 0) is 31.5 Å². The number of carbonyl (C=O) groups excluding carboxylic acids is 1. The molecule has 1 aromatic carbocycles. The highest BCUT2D eigenvalue weighted by molar-refractivity contribution is 5.34. The number of rotatable bonds is 7. The molecule has 1 aromatic rings. The zero-order valence-corrected chi connectivity index (χ0v) is 11.5. The van der Waals surface area contributed by atoms with Gasteiger partial charge < -0.3 is 9.47 Å². The fourth-order valence-corrected chi connectivity index (χ4v) is 1.45. The molecular weight excluding hydrogens is 242 g/mol. The predicted octanol–water partition coefficient (Wildman–Crippen LogP) is 2.88. The number of methoxy groups -OCH3 is 1. The van der Waals surface area contributed by atoms with E-state index in [0.717, 1.165) is 11.3 Å². The van der Waals surface area contributed by atoms with Gasteiger partial charge in [-0.25, -0.2) is 4.79 Å². The Morgan fingerprint density at radius 1 is 1.26 bits per heavy atom. The van der Waals surface area contributed by atoms with Gasteiger partial charge >= 0.3 is 0 Å². The molecule has 0 spiro atoms. The fourth-order valence-electron chi connectivity index (χ4n) is 1.45. The van der Waals surface area contributed by atoms with Crippen LogP contribution in [0.5, 0.6) is 5.75 Å². The molecule has 0 bridgehead atoms. The van der Waals surface area contributed by atoms with Gasteiger partial charge in [0.15, 0.2) is 0 Å². The minimum Gasteiger partial charge on any atom is -0.497 e. The largest absolute Gasteiger partial charge is 0.497 e. The molecular formula is C15H19NO3. The summed E-state index contributed by atoms with van der Waals surface area (Å²) in [6.45, 7) is 4.29. The molecule has 19 heavy (non-hydrogen) atoms. The Balaban J connectivity index is 2.40. The van der Waals surface area contributed by atoms with Gasteiger partial charge in [0.1, 0.15) is 5.75 Å². The number of benzene rings is 1. The third kappa shape index (κ3) is 6.00. The van der Waals surface area contributed by atoms with Gasteiger partial charge in [0.25, 0.3) is 0 Å². The van der Waals surface area contributed by atoms with Gasteiger partial charge in [-0.3, -0.25) is 0 Å². The summed E-state index contributed by atoms with van der Waals surface area (Å²) in [5.41, 5.74) is 1.08. The first-order valence-electron chi connectivity index (χ1n) is 6.15. The highest BCUT2D eigenvalue weighted by Gasteiger charge is 2.00. The van der Waals surface area contributed by atoms with Crippen molar-refractivity contribution in [2.45, 2.75) is 32.6 Å². The lowest BCUT2D eigenvalue weighted by molar-refractivity contribution is 0.0838. The standard InChI is InChI=1S/C15H19NO3/c1-12(16-11-17)4-5-13(2)19-10-14-6-8-15(18-3)9-7-14/h4-9,12-13H,10H2,1-3H3/b5-4+/t12-,13+/m1/s1. The van der Waals surface area contributed by atoms with Crippen molar-refractivity contribution < 1.29 is 14.3 Å². The second kappa shape index (κ2) is 8.25. The molecule has 0 saturated carbocycles. The number of ether oxygens (including phenoxy) is 2. The molecule has 4 heteroatoms. The van der Waals surface area contributed by atoms with E-state index in [1.54, 1.807) is 7.11 Å². The lowest BCUT2D eigenvalue weighted by atomic mass is 10.2. The van der Waals surface area contributed by atoms with Crippen molar-refractivity contribution in [1.29, 1.82) is 0 Å². The molecule has 2 atom stereocenters. The summed E-state index contributed by atoms with van der Waals surface area (Å²) in [4.78, 5) is 13.6. The average molecular weight is 261 g/mol. The van der Waals surface area contributed by atoms with E-state index in [0.29, 0.717) is 6.61 Å². The van der Waals surface area contributed by atoms with Crippen LogP contribution in [0.25, 0.3) is 0 Å². The summed E-state index contributed by atoms with van der Waals surface area (Å²) in [6, 6.07) is 7.58. The number of aliphatic imine (C=N–C) groups is 1. The molecule has 0 fully saturated rings. The van der Waals surface area contributed by atoms with Gasteiger partial charge in [-0.1, -0.05) is 24.3 Å². The second-order valence-electron chi connectivity index (χ2n) is 4.21. The van der Waals surface area contributed by atoms with Crippen LogP contribution in [0, 0.1) is 0 Å². The maximum Gasteiger partial charge on any atom is 0.235 e. The van der Waals surface area contributed by atoms with Gasteiger partial charge in [0.2, 0.25) is 6.08 Å². The van der Waals surface area contributed by atoms with Crippen molar-refractivity contribution >= 4 is 6.08 Å². The lowest BCUT2D eigenvalue weighted by Crippen LogP contribution is -2.05. The summed E-state index contributed by atoms with van der Waals surface area (Å²) in [5, 5.41) is 0. The Labute approximate surface area is 113 Å². The van der Waals surface area contributed by atoms with Crippen molar-refractivity contribution in [3.8, 4) is 5.75 Å². The molecule has 0 N–H and O–H groups in total. The minimum absolute atomic E-state index is 0.0357. The highest BCUT2D eigenvalue weighted by atomic mass is 16.5. The quantitative estimate of drug-likeness (QED) is 0.431. The minimum atomic E-state index is -0.162. The van der Waals surface area contributed by atoms with Crippen LogP contribution in [0.4, 0.5) is 0 Å². The van der Waals surface area contributed by atoms with Crippen LogP contribution in [0.2, 0.25) is 0 Å². The van der Waals surface area contributed by atoms with Gasteiger partial charge in [0.05, 0.1) is 25.9 Å². The molecule has 0 aromatic heterocycles. The molecule has 102 valence electrons. The molecule has 0 aliphatic carbocycles. The third-order valence-corrected chi connectivity index (χ3v) is 2.59. The Morgan fingerprint density at radius 2 is 1.95 bits per heavy atom. The highest BCUT2D eigenvalue weighted by Crippen LogP contribution is 2.12. The SMILES string of the molecule is COc1ccc(CO[C@@H](C)/C=C/[C@@H](C)N=C=O)cc1. The Kier molecular flexibility index (Phi) is 6.58. The van der Waals surface area contributed by atoms with Crippen LogP contribution < -0.4 is 4.74 Å². The number of hydrogen-bond acceptors (Lipinski definition) is 4. The molecule has 0 saturated heterocycles. The molecule has 0 aliphatic heterocycles. The van der Waals surface area contributed by atoms with Crippen LogP contribution in [0.1, 0.15) is 19.4 Å². The summed E-state index contributed by atoms with van der Waals surface area (Å²) in [6.07, 6.45) is 5.20. The second-order valence-corrected chi connectivity index (χ2v) is 4.21. The molecule has 0 aliphatic rings. The first kappa shape index (κ1) is 15.2. The topological polar surface area (TPSA) is 47.9 Å². The van der Waals surface area contributed by atoms with E-state index in [-0.39, 0.29) is 12.1 Å². The van der Waals surface area contributed by atoms with Crippen LogP contribution in [-0.4, -0.2) is 25.3 Å². The number of hydrogen-bond donors (Lipinski definition) is 0. The van der Waals surface area contributed by atoms with E-state index in [2.05, 4.69) is 4.99 Å². The molecule has 0 amide bonds.